The van der Waals surface area contributed by atoms with Crippen LogP contribution in [-0.2, 0) is 4.74 Å². The Morgan fingerprint density at radius 3 is 3.00 bits per heavy atom. The third-order valence-electron chi connectivity index (χ3n) is 4.51. The Balaban J connectivity index is 1.74. The lowest BCUT2D eigenvalue weighted by molar-refractivity contribution is -0.0977. The normalized spacial score (nSPS) is 28.6. The molecule has 1 saturated carbocycles. The van der Waals surface area contributed by atoms with Gasteiger partial charge in [0.25, 0.3) is 0 Å². The summed E-state index contributed by atoms with van der Waals surface area (Å²) >= 11 is 1.52. The van der Waals surface area contributed by atoms with Crippen LogP contribution in [0.5, 0.6) is 0 Å². The number of rotatable bonds is 3. The smallest absolute Gasteiger partial charge is 0.0686 e. The predicted molar refractivity (Wildman–Crippen MR) is 71.6 cm³/mol. The molecule has 2 fully saturated rings. The van der Waals surface area contributed by atoms with Gasteiger partial charge in [0.1, 0.15) is 0 Å². The maximum atomic E-state index is 6.11. The molecule has 2 aliphatic rings. The van der Waals surface area contributed by atoms with Crippen LogP contribution in [0.1, 0.15) is 49.4 Å². The number of ether oxygens (including phenoxy) is 1. The maximum Gasteiger partial charge on any atom is 0.0686 e. The summed E-state index contributed by atoms with van der Waals surface area (Å²) in [7, 11) is 2.04. The Hall–Kier alpha value is -0.520. The van der Waals surface area contributed by atoms with Gasteiger partial charge in [-0.15, -0.1) is 5.10 Å². The van der Waals surface area contributed by atoms with Crippen molar-refractivity contribution in [3.8, 4) is 0 Å². The Kier molecular flexibility index (Phi) is 3.63. The van der Waals surface area contributed by atoms with Gasteiger partial charge in [-0.2, -0.15) is 0 Å². The standard InChI is InChI=1S/C13H21N3OS/c1-14-12(11-9-15-16-18-11)10-4-7-17-13(8-10)5-2-3-6-13/h9-10,12,14H,2-8H2,1H3. The molecule has 0 bridgehead atoms. The van der Waals surface area contributed by atoms with Gasteiger partial charge in [0.2, 0.25) is 0 Å². The van der Waals surface area contributed by atoms with Gasteiger partial charge in [0.05, 0.1) is 16.7 Å². The number of hydrogen-bond donors (Lipinski definition) is 1. The highest BCUT2D eigenvalue weighted by Gasteiger charge is 2.42. The zero-order chi connectivity index (χ0) is 12.4. The lowest BCUT2D eigenvalue weighted by atomic mass is 9.80. The molecular weight excluding hydrogens is 246 g/mol. The topological polar surface area (TPSA) is 47.0 Å². The van der Waals surface area contributed by atoms with Crippen molar-refractivity contribution in [3.05, 3.63) is 11.1 Å². The zero-order valence-corrected chi connectivity index (χ0v) is 11.7. The minimum atomic E-state index is 0.191. The monoisotopic (exact) mass is 267 g/mol. The van der Waals surface area contributed by atoms with Crippen molar-refractivity contribution in [1.82, 2.24) is 14.9 Å². The van der Waals surface area contributed by atoms with E-state index >= 15 is 0 Å². The maximum absolute atomic E-state index is 6.11. The Labute approximate surface area is 112 Å². The van der Waals surface area contributed by atoms with Crippen molar-refractivity contribution >= 4 is 11.5 Å². The quantitative estimate of drug-likeness (QED) is 0.914. The molecule has 1 aliphatic heterocycles. The van der Waals surface area contributed by atoms with Crippen LogP contribution in [0.3, 0.4) is 0 Å². The van der Waals surface area contributed by atoms with Crippen LogP contribution in [0.2, 0.25) is 0 Å². The van der Waals surface area contributed by atoms with Gasteiger partial charge in [0, 0.05) is 12.6 Å². The van der Waals surface area contributed by atoms with Gasteiger partial charge in [-0.1, -0.05) is 17.3 Å². The average molecular weight is 267 g/mol. The highest BCUT2D eigenvalue weighted by atomic mass is 32.1. The number of hydrogen-bond acceptors (Lipinski definition) is 5. The molecule has 18 heavy (non-hydrogen) atoms. The van der Waals surface area contributed by atoms with E-state index in [1.807, 2.05) is 13.2 Å². The Morgan fingerprint density at radius 2 is 2.33 bits per heavy atom. The summed E-state index contributed by atoms with van der Waals surface area (Å²) < 4.78 is 10.1. The van der Waals surface area contributed by atoms with E-state index in [-0.39, 0.29) is 5.60 Å². The Morgan fingerprint density at radius 1 is 1.50 bits per heavy atom. The molecule has 1 aromatic heterocycles. The molecule has 2 unspecified atom stereocenters. The number of nitrogens with one attached hydrogen (secondary N) is 1. The highest BCUT2D eigenvalue weighted by molar-refractivity contribution is 7.05. The van der Waals surface area contributed by atoms with Crippen molar-refractivity contribution in [2.45, 2.75) is 50.2 Å². The first kappa shape index (κ1) is 12.5. The molecule has 2 heterocycles. The molecule has 1 aliphatic carbocycles. The van der Waals surface area contributed by atoms with Crippen LogP contribution in [0.15, 0.2) is 6.20 Å². The summed E-state index contributed by atoms with van der Waals surface area (Å²) in [6.07, 6.45) is 9.41. The second-order valence-electron chi connectivity index (χ2n) is 5.58. The number of aromatic nitrogens is 2. The molecule has 0 radical (unpaired) electrons. The van der Waals surface area contributed by atoms with E-state index in [0.717, 1.165) is 13.0 Å². The van der Waals surface area contributed by atoms with Crippen molar-refractivity contribution in [3.63, 3.8) is 0 Å². The van der Waals surface area contributed by atoms with Crippen LogP contribution in [0.25, 0.3) is 0 Å². The van der Waals surface area contributed by atoms with E-state index in [4.69, 9.17) is 4.74 Å². The largest absolute Gasteiger partial charge is 0.375 e. The molecular formula is C13H21N3OS. The first-order valence-electron chi connectivity index (χ1n) is 6.91. The van der Waals surface area contributed by atoms with Crippen molar-refractivity contribution in [2.24, 2.45) is 5.92 Å². The average Bonchev–Trinajstić information content (AvgIpc) is 3.03. The minimum absolute atomic E-state index is 0.191. The lowest BCUT2D eigenvalue weighted by Crippen LogP contribution is -2.41. The second-order valence-corrected chi connectivity index (χ2v) is 6.39. The van der Waals surface area contributed by atoms with Crippen molar-refractivity contribution in [1.29, 1.82) is 0 Å². The van der Waals surface area contributed by atoms with Crippen molar-refractivity contribution < 1.29 is 4.74 Å². The van der Waals surface area contributed by atoms with Crippen LogP contribution in [0.4, 0.5) is 0 Å². The fourth-order valence-corrected chi connectivity index (χ4v) is 4.35. The second kappa shape index (κ2) is 5.23. The summed E-state index contributed by atoms with van der Waals surface area (Å²) in [4.78, 5) is 1.26. The first-order chi connectivity index (χ1) is 8.83. The summed E-state index contributed by atoms with van der Waals surface area (Å²) in [5.41, 5.74) is 0.191. The van der Waals surface area contributed by atoms with Crippen LogP contribution < -0.4 is 5.32 Å². The van der Waals surface area contributed by atoms with Gasteiger partial charge in [-0.3, -0.25) is 0 Å². The van der Waals surface area contributed by atoms with E-state index in [1.165, 1.54) is 48.5 Å². The van der Waals surface area contributed by atoms with Crippen LogP contribution in [-0.4, -0.2) is 28.8 Å². The van der Waals surface area contributed by atoms with Gasteiger partial charge < -0.3 is 10.1 Å². The SMILES string of the molecule is CNC(c1cnns1)C1CCOC2(CCCC2)C1. The third kappa shape index (κ3) is 2.31. The molecule has 5 heteroatoms. The summed E-state index contributed by atoms with van der Waals surface area (Å²) in [6.45, 7) is 0.912. The van der Waals surface area contributed by atoms with Gasteiger partial charge >= 0.3 is 0 Å². The molecule has 0 amide bonds. The molecule has 1 aromatic rings. The summed E-state index contributed by atoms with van der Waals surface area (Å²) in [5, 5.41) is 7.43. The van der Waals surface area contributed by atoms with Crippen LogP contribution in [0, 0.1) is 5.92 Å². The van der Waals surface area contributed by atoms with E-state index in [2.05, 4.69) is 14.9 Å². The van der Waals surface area contributed by atoms with E-state index < -0.39 is 0 Å². The summed E-state index contributed by atoms with van der Waals surface area (Å²) in [5.74, 6) is 0.657. The molecule has 0 aromatic carbocycles. The lowest BCUT2D eigenvalue weighted by Gasteiger charge is -2.41. The van der Waals surface area contributed by atoms with Gasteiger partial charge in [-0.25, -0.2) is 0 Å². The first-order valence-corrected chi connectivity index (χ1v) is 7.69. The molecule has 1 spiro atoms. The fourth-order valence-electron chi connectivity index (χ4n) is 3.64. The fraction of sp³-hybridized carbons (Fsp3) is 0.846. The predicted octanol–water partition coefficient (Wildman–Crippen LogP) is 2.54. The molecule has 2 atom stereocenters. The zero-order valence-electron chi connectivity index (χ0n) is 10.9. The van der Waals surface area contributed by atoms with E-state index in [0.29, 0.717) is 12.0 Å². The van der Waals surface area contributed by atoms with E-state index in [9.17, 15) is 0 Å². The third-order valence-corrected chi connectivity index (χ3v) is 5.26. The Bertz CT molecular complexity index is 376. The van der Waals surface area contributed by atoms with Crippen molar-refractivity contribution in [2.75, 3.05) is 13.7 Å². The molecule has 4 nitrogen and oxygen atoms in total. The highest BCUT2D eigenvalue weighted by Crippen LogP contribution is 2.45. The van der Waals surface area contributed by atoms with Gasteiger partial charge in [0.15, 0.2) is 0 Å². The van der Waals surface area contributed by atoms with E-state index in [1.54, 1.807) is 0 Å². The molecule has 1 N–H and O–H groups in total. The molecule has 3 rings (SSSR count). The van der Waals surface area contributed by atoms with Gasteiger partial charge in [-0.05, 0) is 50.2 Å². The molecule has 100 valence electrons. The number of nitrogens with zero attached hydrogens (tertiary/aromatic N) is 2. The summed E-state index contributed by atoms with van der Waals surface area (Å²) in [6, 6.07) is 0.395. The molecule has 1 saturated heterocycles. The van der Waals surface area contributed by atoms with Crippen LogP contribution >= 0.6 is 11.5 Å². The minimum Gasteiger partial charge on any atom is -0.375 e.